The second-order valence-corrected chi connectivity index (χ2v) is 15.9. The van der Waals surface area contributed by atoms with Crippen molar-refractivity contribution in [2.24, 2.45) is 27.6 Å². The molecule has 3 heteroatoms. The molecule has 1 saturated carbocycles. The molecule has 3 aromatic carbocycles. The Kier molecular flexibility index (Phi) is 16.9. The minimum atomic E-state index is 0. The van der Waals surface area contributed by atoms with Gasteiger partial charge in [0.15, 0.2) is 0 Å². The fraction of sp³-hybridized carbons (Fsp3) is 0.388. The third-order valence-corrected chi connectivity index (χ3v) is 13.1. The van der Waals surface area contributed by atoms with Crippen LogP contribution in [0.2, 0.25) is 0 Å². The molecule has 52 heavy (non-hydrogen) atoms. The van der Waals surface area contributed by atoms with E-state index in [-0.39, 0.29) is 46.5 Å². The van der Waals surface area contributed by atoms with Crippen LogP contribution in [0.4, 0.5) is 0 Å². The molecule has 0 nitrogen and oxygen atoms in total. The summed E-state index contributed by atoms with van der Waals surface area (Å²) in [6.45, 7) is 24.4. The van der Waals surface area contributed by atoms with Crippen LogP contribution in [0.15, 0.2) is 120 Å². The first-order valence-corrected chi connectivity index (χ1v) is 20.0. The van der Waals surface area contributed by atoms with E-state index in [1.165, 1.54) is 59.3 Å². The van der Waals surface area contributed by atoms with Crippen LogP contribution in [0.5, 0.6) is 0 Å². The van der Waals surface area contributed by atoms with Crippen molar-refractivity contribution < 1.29 is 24.2 Å². The Morgan fingerprint density at radius 3 is 1.79 bits per heavy atom. The maximum absolute atomic E-state index is 3.34. The van der Waals surface area contributed by atoms with Gasteiger partial charge in [0.2, 0.25) is 0 Å². The standard InChI is InChI=1S/C29H37.2C7H7.C5H5.CH2.2ClH.Zr/c1-18-25-22-17-19-13-9-10-14-20(19)24(22)21-15-11-12-16-23(21)29(25,8)28(6,7)27(4,5)26(18,2)3;2*1-7-5-3-2-4-6-7;1-2-4-5-3-1;;;;/h9-11,13-15,23H,12,16-17H2,1-8H3;2*3-6H,1H3;1-3H,4H2;1H2;2*1H;/q4*-1;;;;. The van der Waals surface area contributed by atoms with Gasteiger partial charge in [-0.2, -0.15) is 89.0 Å². The maximum atomic E-state index is 3.34. The second-order valence-electron chi connectivity index (χ2n) is 15.9. The van der Waals surface area contributed by atoms with Crippen LogP contribution in [0.3, 0.4) is 0 Å². The van der Waals surface area contributed by atoms with Gasteiger partial charge in [-0.25, -0.2) is 18.1 Å². The SMILES string of the molecule is C[C-]1C2=C3Cc4ccccc4C3=C3C=CCCC3C2(C)C(C)(C)C(C)(C)C1(C)C.Cc1cc[c-]cc1.Cc1cc[c-]cc1.Cl.Cl.[C-]1=CC=CC1.[CH2]=[Zr]. The van der Waals surface area contributed by atoms with Crippen molar-refractivity contribution in [1.29, 1.82) is 0 Å². The van der Waals surface area contributed by atoms with Gasteiger partial charge in [0, 0.05) is 0 Å². The molecular weight excluding hydrogens is 751 g/mol. The van der Waals surface area contributed by atoms with Crippen LogP contribution in [0, 0.1) is 65.6 Å². The first-order valence-electron chi connectivity index (χ1n) is 18.3. The number of hydrogen-bond donors (Lipinski definition) is 0. The van der Waals surface area contributed by atoms with E-state index in [9.17, 15) is 0 Å². The van der Waals surface area contributed by atoms with E-state index in [0.29, 0.717) is 5.92 Å². The quantitative estimate of drug-likeness (QED) is 0.198. The molecule has 5 aliphatic carbocycles. The Balaban J connectivity index is 0.000000331. The topological polar surface area (TPSA) is 0 Å². The number of allylic oxidation sites excluding steroid dienone is 10. The Bertz CT molecular complexity index is 1710. The predicted octanol–water partition coefficient (Wildman–Crippen LogP) is 13.7. The zero-order chi connectivity index (χ0) is 36.7. The van der Waals surface area contributed by atoms with Crippen molar-refractivity contribution >= 4 is 34.6 Å². The minimum absolute atomic E-state index is 0. The van der Waals surface area contributed by atoms with Gasteiger partial charge < -0.3 is 0 Å². The first kappa shape index (κ1) is 45.7. The molecule has 0 saturated heterocycles. The first-order chi connectivity index (χ1) is 23.8. The van der Waals surface area contributed by atoms with Gasteiger partial charge in [-0.1, -0.05) is 127 Å². The molecule has 1 fully saturated rings. The molecule has 5 aliphatic rings. The summed E-state index contributed by atoms with van der Waals surface area (Å²) in [6, 6.07) is 30.8. The molecule has 0 bridgehead atoms. The number of benzene rings is 3. The van der Waals surface area contributed by atoms with Gasteiger partial charge in [0.1, 0.15) is 0 Å². The van der Waals surface area contributed by atoms with Crippen LogP contribution >= 0.6 is 24.8 Å². The molecule has 0 aliphatic heterocycles. The van der Waals surface area contributed by atoms with Gasteiger partial charge in [-0.05, 0) is 40.6 Å². The van der Waals surface area contributed by atoms with E-state index >= 15 is 0 Å². The summed E-state index contributed by atoms with van der Waals surface area (Å²) >= 11 is 1.30. The number of aryl methyl sites for hydroxylation is 2. The molecule has 0 radical (unpaired) electrons. The van der Waals surface area contributed by atoms with Crippen LogP contribution in [0.1, 0.15) is 96.9 Å². The van der Waals surface area contributed by atoms with E-state index in [4.69, 9.17) is 0 Å². The van der Waals surface area contributed by atoms with Crippen LogP contribution in [-0.4, -0.2) is 4.21 Å². The predicted molar refractivity (Wildman–Crippen MR) is 228 cm³/mol. The molecule has 0 spiro atoms. The summed E-state index contributed by atoms with van der Waals surface area (Å²) in [4.78, 5) is 0. The van der Waals surface area contributed by atoms with Gasteiger partial charge in [-0.15, -0.1) is 38.2 Å². The van der Waals surface area contributed by atoms with E-state index in [1.54, 1.807) is 28.2 Å². The van der Waals surface area contributed by atoms with E-state index in [1.807, 2.05) is 60.7 Å². The molecule has 278 valence electrons. The molecule has 0 amide bonds. The average Bonchev–Trinajstić information content (AvgIpc) is 3.82. The van der Waals surface area contributed by atoms with Crippen LogP contribution in [0.25, 0.3) is 5.57 Å². The number of halogens is 2. The summed E-state index contributed by atoms with van der Waals surface area (Å²) < 4.78 is 3.34. The summed E-state index contributed by atoms with van der Waals surface area (Å²) in [6.07, 6.45) is 18.5. The monoisotopic (exact) mass is 808 g/mol. The molecule has 0 aromatic heterocycles. The molecule has 0 heterocycles. The summed E-state index contributed by atoms with van der Waals surface area (Å²) in [5.74, 6) is 2.24. The Morgan fingerprint density at radius 1 is 0.769 bits per heavy atom. The van der Waals surface area contributed by atoms with E-state index in [2.05, 4.69) is 134 Å². The van der Waals surface area contributed by atoms with Gasteiger partial charge in [0.25, 0.3) is 0 Å². The van der Waals surface area contributed by atoms with Crippen molar-refractivity contribution in [1.82, 2.24) is 0 Å². The summed E-state index contributed by atoms with van der Waals surface area (Å²) in [7, 11) is 0. The summed E-state index contributed by atoms with van der Waals surface area (Å²) in [5, 5.41) is 0. The van der Waals surface area contributed by atoms with E-state index < -0.39 is 0 Å². The van der Waals surface area contributed by atoms with Gasteiger partial charge in [0.05, 0.1) is 0 Å². The Labute approximate surface area is 345 Å². The fourth-order valence-electron chi connectivity index (χ4n) is 8.85. The molecular formula is C49H60Cl2Zr-4. The second kappa shape index (κ2) is 19.2. The van der Waals surface area contributed by atoms with Crippen molar-refractivity contribution in [3.8, 4) is 0 Å². The fourth-order valence-corrected chi connectivity index (χ4v) is 8.85. The number of rotatable bonds is 0. The Morgan fingerprint density at radius 2 is 1.33 bits per heavy atom. The zero-order valence-corrected chi connectivity index (χ0v) is 37.3. The molecule has 8 rings (SSSR count). The number of fused-ring (bicyclic) bond motifs is 6. The van der Waals surface area contributed by atoms with Crippen LogP contribution in [-0.2, 0) is 30.7 Å². The molecule has 3 aromatic rings. The average molecular weight is 811 g/mol. The van der Waals surface area contributed by atoms with Crippen molar-refractivity contribution in [3.63, 3.8) is 0 Å². The Hall–Kier alpha value is -2.44. The normalized spacial score (nSPS) is 22.6. The van der Waals surface area contributed by atoms with Crippen LogP contribution < -0.4 is 0 Å². The third-order valence-electron chi connectivity index (χ3n) is 13.1. The van der Waals surface area contributed by atoms with Crippen molar-refractivity contribution in [2.45, 2.75) is 94.9 Å². The number of hydrogen-bond acceptors (Lipinski definition) is 0. The molecule has 2 unspecified atom stereocenters. The van der Waals surface area contributed by atoms with Crippen molar-refractivity contribution in [3.05, 3.63) is 166 Å². The van der Waals surface area contributed by atoms with Gasteiger partial charge >= 0.3 is 28.4 Å². The third kappa shape index (κ3) is 8.59. The molecule has 0 N–H and O–H groups in total. The van der Waals surface area contributed by atoms with E-state index in [0.717, 1.165) is 12.8 Å². The van der Waals surface area contributed by atoms with Gasteiger partial charge in [-0.3, -0.25) is 6.08 Å². The molecule has 2 atom stereocenters. The zero-order valence-electron chi connectivity index (χ0n) is 33.2. The summed E-state index contributed by atoms with van der Waals surface area (Å²) in [5.41, 5.74) is 12.9. The van der Waals surface area contributed by atoms with Crippen molar-refractivity contribution in [2.75, 3.05) is 0 Å².